The molecule has 7 nitrogen and oxygen atoms in total. The van der Waals surface area contributed by atoms with Crippen LogP contribution in [0.3, 0.4) is 0 Å². The second kappa shape index (κ2) is 6.33. The van der Waals surface area contributed by atoms with Crippen LogP contribution in [0.15, 0.2) is 42.6 Å². The lowest BCUT2D eigenvalue weighted by atomic mass is 9.84. The molecule has 1 saturated heterocycles. The molecule has 3 heterocycles. The fourth-order valence-corrected chi connectivity index (χ4v) is 3.67. The lowest BCUT2D eigenvalue weighted by Crippen LogP contribution is -2.58. The lowest BCUT2D eigenvalue weighted by molar-refractivity contribution is -0.121. The molecule has 1 fully saturated rings. The molecular formula is C19H21N5O2. The Labute approximate surface area is 151 Å². The van der Waals surface area contributed by atoms with E-state index >= 15 is 0 Å². The normalized spacial score (nSPS) is 17.9. The third-order valence-electron chi connectivity index (χ3n) is 5.16. The van der Waals surface area contributed by atoms with Crippen molar-refractivity contribution in [2.75, 3.05) is 35.7 Å². The molecule has 2 aliphatic heterocycles. The Balaban J connectivity index is 1.55. The first-order chi connectivity index (χ1) is 12.6. The number of benzene rings is 1. The molecular weight excluding hydrogens is 330 g/mol. The molecule has 2 aromatic rings. The van der Waals surface area contributed by atoms with E-state index in [1.165, 1.54) is 0 Å². The van der Waals surface area contributed by atoms with E-state index in [-0.39, 0.29) is 11.8 Å². The van der Waals surface area contributed by atoms with Crippen LogP contribution in [-0.4, -0.2) is 42.5 Å². The minimum Gasteiger partial charge on any atom is -0.369 e. The zero-order chi connectivity index (χ0) is 18.1. The zero-order valence-electron chi connectivity index (χ0n) is 14.6. The Kier molecular flexibility index (Phi) is 3.99. The van der Waals surface area contributed by atoms with Crippen molar-refractivity contribution >= 4 is 29.0 Å². The summed E-state index contributed by atoms with van der Waals surface area (Å²) in [7, 11) is 1.61. The number of aromatic nitrogens is 1. The van der Waals surface area contributed by atoms with Gasteiger partial charge in [0.2, 0.25) is 5.91 Å². The summed E-state index contributed by atoms with van der Waals surface area (Å²) in [6.45, 7) is 1.28. The van der Waals surface area contributed by atoms with Crippen LogP contribution >= 0.6 is 0 Å². The highest BCUT2D eigenvalue weighted by molar-refractivity contribution is 6.06. The predicted octanol–water partition coefficient (Wildman–Crippen LogP) is 1.84. The van der Waals surface area contributed by atoms with Crippen molar-refractivity contribution in [2.24, 2.45) is 0 Å². The van der Waals surface area contributed by atoms with Gasteiger partial charge in [-0.2, -0.15) is 0 Å². The SMILES string of the molecule is CNC(=O)c1cccnc1N1CCC2(CC1)Nc1ccccc1NC2=O. The molecule has 0 radical (unpaired) electrons. The molecule has 0 bridgehead atoms. The highest BCUT2D eigenvalue weighted by Crippen LogP contribution is 2.37. The number of para-hydroxylation sites is 2. The molecule has 1 aromatic carbocycles. The summed E-state index contributed by atoms with van der Waals surface area (Å²) in [4.78, 5) is 31.3. The van der Waals surface area contributed by atoms with Crippen molar-refractivity contribution in [3.8, 4) is 0 Å². The number of piperidine rings is 1. The molecule has 7 heteroatoms. The van der Waals surface area contributed by atoms with Gasteiger partial charge in [-0.3, -0.25) is 9.59 Å². The molecule has 26 heavy (non-hydrogen) atoms. The van der Waals surface area contributed by atoms with E-state index in [0.717, 1.165) is 11.4 Å². The van der Waals surface area contributed by atoms with Gasteiger partial charge in [-0.25, -0.2) is 4.98 Å². The summed E-state index contributed by atoms with van der Waals surface area (Å²) >= 11 is 0. The second-order valence-corrected chi connectivity index (χ2v) is 6.65. The average molecular weight is 351 g/mol. The standard InChI is InChI=1S/C19H21N5O2/c1-20-17(25)13-5-4-10-21-16(13)24-11-8-19(9-12-24)18(26)22-14-6-2-3-7-15(14)23-19/h2-7,10,23H,8-9,11-12H2,1H3,(H,20,25)(H,22,26). The van der Waals surface area contributed by atoms with Crippen LogP contribution in [0.1, 0.15) is 23.2 Å². The van der Waals surface area contributed by atoms with Crippen molar-refractivity contribution in [3.63, 3.8) is 0 Å². The smallest absolute Gasteiger partial charge is 0.254 e. The van der Waals surface area contributed by atoms with E-state index in [1.807, 2.05) is 24.3 Å². The monoisotopic (exact) mass is 351 g/mol. The number of amides is 2. The van der Waals surface area contributed by atoms with Crippen molar-refractivity contribution in [1.82, 2.24) is 10.3 Å². The molecule has 1 aromatic heterocycles. The fourth-order valence-electron chi connectivity index (χ4n) is 3.67. The van der Waals surface area contributed by atoms with Crippen molar-refractivity contribution in [1.29, 1.82) is 0 Å². The first kappa shape index (κ1) is 16.4. The van der Waals surface area contributed by atoms with Gasteiger partial charge < -0.3 is 20.9 Å². The number of fused-ring (bicyclic) bond motifs is 1. The van der Waals surface area contributed by atoms with Gasteiger partial charge in [0, 0.05) is 26.3 Å². The number of anilines is 3. The van der Waals surface area contributed by atoms with Gasteiger partial charge >= 0.3 is 0 Å². The molecule has 2 amide bonds. The third kappa shape index (κ3) is 2.65. The molecule has 134 valence electrons. The Morgan fingerprint density at radius 1 is 1.15 bits per heavy atom. The van der Waals surface area contributed by atoms with Crippen LogP contribution in [0.25, 0.3) is 0 Å². The number of nitrogens with zero attached hydrogens (tertiary/aromatic N) is 2. The van der Waals surface area contributed by atoms with Crippen LogP contribution in [0, 0.1) is 0 Å². The highest BCUT2D eigenvalue weighted by Gasteiger charge is 2.44. The van der Waals surface area contributed by atoms with Crippen LogP contribution in [0.2, 0.25) is 0 Å². The Hall–Kier alpha value is -3.09. The van der Waals surface area contributed by atoms with Gasteiger partial charge in [0.05, 0.1) is 16.9 Å². The number of rotatable bonds is 2. The minimum atomic E-state index is -0.618. The van der Waals surface area contributed by atoms with Gasteiger partial charge in [-0.1, -0.05) is 12.1 Å². The highest BCUT2D eigenvalue weighted by atomic mass is 16.2. The summed E-state index contributed by atoms with van der Waals surface area (Å²) in [6.07, 6.45) is 2.96. The maximum atomic E-state index is 12.7. The van der Waals surface area contributed by atoms with E-state index in [0.29, 0.717) is 37.3 Å². The van der Waals surface area contributed by atoms with Crippen LogP contribution in [0.4, 0.5) is 17.2 Å². The maximum absolute atomic E-state index is 12.7. The van der Waals surface area contributed by atoms with Gasteiger partial charge in [0.1, 0.15) is 11.4 Å². The predicted molar refractivity (Wildman–Crippen MR) is 100 cm³/mol. The number of carbonyl (C=O) groups is 2. The number of pyridine rings is 1. The van der Waals surface area contributed by atoms with Crippen LogP contribution in [-0.2, 0) is 4.79 Å². The Morgan fingerprint density at radius 3 is 2.62 bits per heavy atom. The largest absolute Gasteiger partial charge is 0.369 e. The molecule has 3 N–H and O–H groups in total. The molecule has 0 aliphatic carbocycles. The topological polar surface area (TPSA) is 86.4 Å². The average Bonchev–Trinajstić information content (AvgIpc) is 2.69. The number of hydrogen-bond donors (Lipinski definition) is 3. The van der Waals surface area contributed by atoms with Crippen LogP contribution < -0.4 is 20.9 Å². The zero-order valence-corrected chi connectivity index (χ0v) is 14.6. The number of hydrogen-bond acceptors (Lipinski definition) is 5. The summed E-state index contributed by atoms with van der Waals surface area (Å²) in [5.74, 6) is 0.512. The Morgan fingerprint density at radius 2 is 1.88 bits per heavy atom. The summed E-state index contributed by atoms with van der Waals surface area (Å²) in [5.41, 5.74) is 1.70. The molecule has 0 unspecified atom stereocenters. The van der Waals surface area contributed by atoms with E-state index < -0.39 is 5.54 Å². The van der Waals surface area contributed by atoms with Crippen molar-refractivity contribution < 1.29 is 9.59 Å². The van der Waals surface area contributed by atoms with Gasteiger partial charge in [-0.05, 0) is 37.1 Å². The lowest BCUT2D eigenvalue weighted by Gasteiger charge is -2.44. The third-order valence-corrected chi connectivity index (χ3v) is 5.16. The van der Waals surface area contributed by atoms with Crippen LogP contribution in [0.5, 0.6) is 0 Å². The number of carbonyl (C=O) groups excluding carboxylic acids is 2. The van der Waals surface area contributed by atoms with E-state index in [4.69, 9.17) is 0 Å². The van der Waals surface area contributed by atoms with E-state index in [2.05, 4.69) is 25.8 Å². The first-order valence-electron chi connectivity index (χ1n) is 8.74. The Bertz CT molecular complexity index is 859. The maximum Gasteiger partial charge on any atom is 0.254 e. The van der Waals surface area contributed by atoms with Gasteiger partial charge in [0.15, 0.2) is 0 Å². The second-order valence-electron chi connectivity index (χ2n) is 6.65. The molecule has 2 aliphatic rings. The molecule has 1 spiro atoms. The van der Waals surface area contributed by atoms with Crippen molar-refractivity contribution in [2.45, 2.75) is 18.4 Å². The summed E-state index contributed by atoms with van der Waals surface area (Å²) in [5, 5.41) is 9.11. The van der Waals surface area contributed by atoms with E-state index in [1.54, 1.807) is 25.4 Å². The fraction of sp³-hybridized carbons (Fsp3) is 0.316. The summed E-state index contributed by atoms with van der Waals surface area (Å²) in [6, 6.07) is 11.3. The van der Waals surface area contributed by atoms with Gasteiger partial charge in [-0.15, -0.1) is 0 Å². The minimum absolute atomic E-state index is 0.00314. The summed E-state index contributed by atoms with van der Waals surface area (Å²) < 4.78 is 0. The molecule has 0 atom stereocenters. The van der Waals surface area contributed by atoms with Gasteiger partial charge in [0.25, 0.3) is 5.91 Å². The quantitative estimate of drug-likeness (QED) is 0.769. The molecule has 0 saturated carbocycles. The number of nitrogens with one attached hydrogen (secondary N) is 3. The first-order valence-corrected chi connectivity index (χ1v) is 8.74. The molecule has 4 rings (SSSR count). The van der Waals surface area contributed by atoms with E-state index in [9.17, 15) is 9.59 Å². The van der Waals surface area contributed by atoms with Crippen molar-refractivity contribution in [3.05, 3.63) is 48.2 Å².